The molecule has 1 aliphatic rings. The van der Waals surface area contributed by atoms with Gasteiger partial charge in [0.05, 0.1) is 13.2 Å². The van der Waals surface area contributed by atoms with Crippen LogP contribution in [-0.2, 0) is 4.74 Å². The summed E-state index contributed by atoms with van der Waals surface area (Å²) >= 11 is 0. The zero-order valence-electron chi connectivity index (χ0n) is 13.5. The molecular formula is C16H15N5O4. The molecule has 0 aliphatic carbocycles. The highest BCUT2D eigenvalue weighted by Crippen LogP contribution is 2.25. The number of benzene rings is 1. The summed E-state index contributed by atoms with van der Waals surface area (Å²) in [6.45, 7) is 3.00. The van der Waals surface area contributed by atoms with Crippen LogP contribution in [0.1, 0.15) is 28.1 Å². The predicted molar refractivity (Wildman–Crippen MR) is 83.4 cm³/mol. The summed E-state index contributed by atoms with van der Waals surface area (Å²) in [5, 5.41) is 11.6. The first-order valence-corrected chi connectivity index (χ1v) is 7.78. The molecular weight excluding hydrogens is 326 g/mol. The molecule has 0 saturated carbocycles. The number of hydrogen-bond donors (Lipinski definition) is 0. The number of carbonyl (C=O) groups is 1. The van der Waals surface area contributed by atoms with Crippen LogP contribution >= 0.6 is 0 Å². The Kier molecular flexibility index (Phi) is 3.98. The molecule has 0 radical (unpaired) electrons. The number of rotatable bonds is 3. The Morgan fingerprint density at radius 2 is 2.08 bits per heavy atom. The number of carbonyl (C=O) groups excluding carboxylic acids is 1. The second-order valence-electron chi connectivity index (χ2n) is 5.58. The Labute approximate surface area is 142 Å². The standard InChI is InChI=1S/C16H15N5O4/c1-10-18-19-15(25-10)11-2-4-12(5-3-11)16(22)21-6-7-23-8-13(21)14-17-9-24-20-14/h2-5,9,13H,6-8H2,1H3. The fourth-order valence-electron chi connectivity index (χ4n) is 2.72. The molecule has 9 heteroatoms. The van der Waals surface area contributed by atoms with Gasteiger partial charge < -0.3 is 18.6 Å². The molecule has 1 aromatic carbocycles. The molecule has 0 N–H and O–H groups in total. The SMILES string of the molecule is Cc1nnc(-c2ccc(C(=O)N3CCOCC3c3ncon3)cc2)o1. The maximum Gasteiger partial charge on any atom is 0.254 e. The molecule has 9 nitrogen and oxygen atoms in total. The van der Waals surface area contributed by atoms with Crippen molar-refractivity contribution in [2.24, 2.45) is 0 Å². The van der Waals surface area contributed by atoms with E-state index in [4.69, 9.17) is 13.7 Å². The molecule has 0 bridgehead atoms. The molecule has 2 aromatic heterocycles. The lowest BCUT2D eigenvalue weighted by molar-refractivity contribution is -0.00576. The highest BCUT2D eigenvalue weighted by molar-refractivity contribution is 5.95. The molecule has 3 aromatic rings. The number of ether oxygens (including phenoxy) is 1. The van der Waals surface area contributed by atoms with Gasteiger partial charge in [-0.25, -0.2) is 0 Å². The summed E-state index contributed by atoms with van der Waals surface area (Å²) in [6, 6.07) is 6.67. The summed E-state index contributed by atoms with van der Waals surface area (Å²) in [6.07, 6.45) is 1.24. The van der Waals surface area contributed by atoms with E-state index in [1.165, 1.54) is 6.39 Å². The first kappa shape index (κ1) is 15.5. The van der Waals surface area contributed by atoms with Gasteiger partial charge in [-0.1, -0.05) is 5.16 Å². The Hall–Kier alpha value is -3.07. The van der Waals surface area contributed by atoms with E-state index in [9.17, 15) is 4.79 Å². The Morgan fingerprint density at radius 1 is 1.24 bits per heavy atom. The van der Waals surface area contributed by atoms with Gasteiger partial charge in [0.15, 0.2) is 5.82 Å². The van der Waals surface area contributed by atoms with E-state index in [0.717, 1.165) is 5.56 Å². The average molecular weight is 341 g/mol. The van der Waals surface area contributed by atoms with Gasteiger partial charge in [-0.15, -0.1) is 10.2 Å². The lowest BCUT2D eigenvalue weighted by Gasteiger charge is -2.33. The van der Waals surface area contributed by atoms with Gasteiger partial charge in [0.25, 0.3) is 5.91 Å². The molecule has 3 heterocycles. The van der Waals surface area contributed by atoms with Crippen molar-refractivity contribution in [3.05, 3.63) is 47.9 Å². The summed E-state index contributed by atoms with van der Waals surface area (Å²) in [5.41, 5.74) is 1.31. The van der Waals surface area contributed by atoms with E-state index in [-0.39, 0.29) is 11.9 Å². The van der Waals surface area contributed by atoms with Crippen LogP contribution < -0.4 is 0 Å². The molecule has 1 fully saturated rings. The van der Waals surface area contributed by atoms with Crippen molar-refractivity contribution in [2.75, 3.05) is 19.8 Å². The largest absolute Gasteiger partial charge is 0.421 e. The maximum absolute atomic E-state index is 12.9. The third kappa shape index (κ3) is 3.01. The zero-order valence-corrected chi connectivity index (χ0v) is 13.5. The lowest BCUT2D eigenvalue weighted by Crippen LogP contribution is -2.43. The Bertz CT molecular complexity index is 859. The number of amides is 1. The van der Waals surface area contributed by atoms with Gasteiger partial charge in [-0.3, -0.25) is 4.79 Å². The molecule has 1 atom stereocenters. The highest BCUT2D eigenvalue weighted by Gasteiger charge is 2.32. The molecule has 1 amide bonds. The number of aromatic nitrogens is 4. The second kappa shape index (κ2) is 6.44. The van der Waals surface area contributed by atoms with Crippen LogP contribution in [0.25, 0.3) is 11.5 Å². The minimum absolute atomic E-state index is 0.119. The molecule has 25 heavy (non-hydrogen) atoms. The molecule has 128 valence electrons. The van der Waals surface area contributed by atoms with Crippen LogP contribution in [0.4, 0.5) is 0 Å². The molecule has 1 unspecified atom stereocenters. The van der Waals surface area contributed by atoms with Crippen molar-refractivity contribution in [2.45, 2.75) is 13.0 Å². The average Bonchev–Trinajstić information content (AvgIpc) is 3.33. The first-order chi connectivity index (χ1) is 12.2. The quantitative estimate of drug-likeness (QED) is 0.707. The highest BCUT2D eigenvalue weighted by atomic mass is 16.5. The maximum atomic E-state index is 12.9. The summed E-state index contributed by atoms with van der Waals surface area (Å²) in [7, 11) is 0. The van der Waals surface area contributed by atoms with Gasteiger partial charge >= 0.3 is 0 Å². The first-order valence-electron chi connectivity index (χ1n) is 7.78. The third-order valence-corrected chi connectivity index (χ3v) is 3.97. The summed E-state index contributed by atoms with van der Waals surface area (Å²) < 4.78 is 15.6. The lowest BCUT2D eigenvalue weighted by atomic mass is 10.1. The minimum atomic E-state index is -0.363. The Balaban J connectivity index is 1.57. The number of morpholine rings is 1. The number of hydrogen-bond acceptors (Lipinski definition) is 8. The molecule has 0 spiro atoms. The van der Waals surface area contributed by atoms with Crippen LogP contribution in [0.15, 0.2) is 39.6 Å². The summed E-state index contributed by atoms with van der Waals surface area (Å²) in [4.78, 5) is 18.6. The monoisotopic (exact) mass is 341 g/mol. The van der Waals surface area contributed by atoms with Crippen molar-refractivity contribution in [3.8, 4) is 11.5 Å². The minimum Gasteiger partial charge on any atom is -0.421 e. The van der Waals surface area contributed by atoms with E-state index in [0.29, 0.717) is 42.9 Å². The fourth-order valence-corrected chi connectivity index (χ4v) is 2.72. The van der Waals surface area contributed by atoms with Gasteiger partial charge in [0.2, 0.25) is 18.2 Å². The van der Waals surface area contributed by atoms with Gasteiger partial charge in [0, 0.05) is 24.6 Å². The van der Waals surface area contributed by atoms with Crippen LogP contribution in [0.2, 0.25) is 0 Å². The smallest absolute Gasteiger partial charge is 0.254 e. The third-order valence-electron chi connectivity index (χ3n) is 3.97. The topological polar surface area (TPSA) is 107 Å². The van der Waals surface area contributed by atoms with Gasteiger partial charge in [0.1, 0.15) is 6.04 Å². The van der Waals surface area contributed by atoms with E-state index in [1.807, 2.05) is 0 Å². The molecule has 1 saturated heterocycles. The predicted octanol–water partition coefficient (Wildman–Crippen LogP) is 1.64. The van der Waals surface area contributed by atoms with Gasteiger partial charge in [-0.05, 0) is 24.3 Å². The van der Waals surface area contributed by atoms with Crippen LogP contribution in [0, 0.1) is 6.92 Å². The van der Waals surface area contributed by atoms with Crippen molar-refractivity contribution >= 4 is 5.91 Å². The fraction of sp³-hybridized carbons (Fsp3) is 0.312. The molecule has 4 rings (SSSR count). The zero-order chi connectivity index (χ0) is 17.2. The van der Waals surface area contributed by atoms with Crippen LogP contribution in [0.5, 0.6) is 0 Å². The van der Waals surface area contributed by atoms with Gasteiger partial charge in [-0.2, -0.15) is 4.98 Å². The van der Waals surface area contributed by atoms with Crippen molar-refractivity contribution < 1.29 is 18.5 Å². The van der Waals surface area contributed by atoms with E-state index in [1.54, 1.807) is 36.1 Å². The number of nitrogens with zero attached hydrogens (tertiary/aromatic N) is 5. The summed E-state index contributed by atoms with van der Waals surface area (Å²) in [5.74, 6) is 1.23. The van der Waals surface area contributed by atoms with Crippen molar-refractivity contribution in [3.63, 3.8) is 0 Å². The van der Waals surface area contributed by atoms with E-state index in [2.05, 4.69) is 20.3 Å². The number of aryl methyl sites for hydroxylation is 1. The Morgan fingerprint density at radius 3 is 2.76 bits per heavy atom. The van der Waals surface area contributed by atoms with Crippen molar-refractivity contribution in [1.82, 2.24) is 25.2 Å². The normalized spacial score (nSPS) is 17.6. The van der Waals surface area contributed by atoms with E-state index < -0.39 is 0 Å². The molecule has 1 aliphatic heterocycles. The van der Waals surface area contributed by atoms with Crippen LogP contribution in [0.3, 0.4) is 0 Å². The van der Waals surface area contributed by atoms with Crippen LogP contribution in [-0.4, -0.2) is 50.9 Å². The second-order valence-corrected chi connectivity index (χ2v) is 5.58. The van der Waals surface area contributed by atoms with E-state index >= 15 is 0 Å². The van der Waals surface area contributed by atoms with Crippen molar-refractivity contribution in [1.29, 1.82) is 0 Å².